The van der Waals surface area contributed by atoms with Crippen molar-refractivity contribution in [3.05, 3.63) is 64.7 Å². The van der Waals surface area contributed by atoms with Crippen molar-refractivity contribution in [1.82, 2.24) is 5.32 Å². The van der Waals surface area contributed by atoms with E-state index in [9.17, 15) is 0 Å². The average Bonchev–Trinajstić information content (AvgIpc) is 2.73. The fraction of sp³-hybridized carbons (Fsp3) is 0.571. The Hall–Kier alpha value is -1.51. The Morgan fingerprint density at radius 2 is 1.68 bits per heavy atom. The highest BCUT2D eigenvalue weighted by Gasteiger charge is 2.59. The molecule has 4 atom stereocenters. The van der Waals surface area contributed by atoms with Gasteiger partial charge in [0.1, 0.15) is 5.75 Å². The molecule has 2 nitrogen and oxygen atoms in total. The van der Waals surface area contributed by atoms with Crippen molar-refractivity contribution in [2.45, 2.75) is 76.3 Å². The second-order valence-corrected chi connectivity index (χ2v) is 11.4. The summed E-state index contributed by atoms with van der Waals surface area (Å²) in [6, 6.07) is 18.2. The van der Waals surface area contributed by atoms with Crippen molar-refractivity contribution in [3.63, 3.8) is 0 Å². The number of nitrogens with one attached hydrogen (secondary N) is 1. The van der Waals surface area contributed by atoms with Crippen LogP contribution < -0.4 is 10.1 Å². The number of hydrogen-bond acceptors (Lipinski definition) is 2. The quantitative estimate of drug-likeness (QED) is 0.514. The maximum absolute atomic E-state index is 6.22. The minimum absolute atomic E-state index is 0.358. The molecule has 0 heterocycles. The molecule has 0 radical (unpaired) electrons. The maximum atomic E-state index is 6.22. The van der Waals surface area contributed by atoms with Gasteiger partial charge >= 0.3 is 0 Å². The number of para-hydroxylation sites is 1. The molecule has 2 aromatic rings. The predicted octanol–water partition coefficient (Wildman–Crippen LogP) is 6.80. The van der Waals surface area contributed by atoms with Crippen molar-refractivity contribution in [1.29, 1.82) is 0 Å². The molecule has 1 N–H and O–H groups in total. The standard InChI is InChI=1S/C28H36ClNO/c1-19(12-23-6-4-5-7-26(23)31-3)30-20(2)27-14-21-13-22(15-27)17-28(16-21,18-27)24-8-10-25(29)11-9-24/h4-11,19-22,30H,12-18H2,1-3H3/t19-,20-,21+,22+,27?,28?/m0/s1. The van der Waals surface area contributed by atoms with Gasteiger partial charge in [-0.2, -0.15) is 0 Å². The predicted molar refractivity (Wildman–Crippen MR) is 129 cm³/mol. The molecule has 0 spiro atoms. The number of benzene rings is 2. The summed E-state index contributed by atoms with van der Waals surface area (Å²) in [5.74, 6) is 2.76. The summed E-state index contributed by atoms with van der Waals surface area (Å²) in [4.78, 5) is 0. The summed E-state index contributed by atoms with van der Waals surface area (Å²) in [6.07, 6.45) is 9.31. The van der Waals surface area contributed by atoms with Gasteiger partial charge in [0.2, 0.25) is 0 Å². The molecular formula is C28H36ClNO. The van der Waals surface area contributed by atoms with Gasteiger partial charge in [0.05, 0.1) is 7.11 Å². The highest BCUT2D eigenvalue weighted by Crippen LogP contribution is 2.66. The molecular weight excluding hydrogens is 402 g/mol. The molecule has 0 unspecified atom stereocenters. The molecule has 4 aliphatic rings. The van der Waals surface area contributed by atoms with Crippen molar-refractivity contribution in [2.24, 2.45) is 17.3 Å². The van der Waals surface area contributed by atoms with Crippen molar-refractivity contribution in [3.8, 4) is 5.75 Å². The van der Waals surface area contributed by atoms with Crippen LogP contribution in [0.3, 0.4) is 0 Å². The summed E-state index contributed by atoms with van der Waals surface area (Å²) >= 11 is 6.22. The Bertz CT molecular complexity index is 909. The topological polar surface area (TPSA) is 21.3 Å². The van der Waals surface area contributed by atoms with E-state index >= 15 is 0 Å². The molecule has 2 aromatic carbocycles. The first-order valence-electron chi connectivity index (χ1n) is 12.1. The SMILES string of the molecule is COc1ccccc1C[C@H](C)N[C@@H](C)C12C[C@H]3C[C@@H](CC(c4ccc(Cl)cc4)(C3)C1)C2. The molecule has 6 rings (SSSR count). The number of rotatable bonds is 7. The van der Waals surface area contributed by atoms with Crippen LogP contribution in [0.25, 0.3) is 0 Å². The average molecular weight is 438 g/mol. The monoisotopic (exact) mass is 437 g/mol. The first-order valence-corrected chi connectivity index (χ1v) is 12.4. The third-order valence-corrected chi connectivity index (χ3v) is 8.99. The lowest BCUT2D eigenvalue weighted by Gasteiger charge is -2.64. The summed E-state index contributed by atoms with van der Waals surface area (Å²) in [5, 5.41) is 4.89. The lowest BCUT2D eigenvalue weighted by molar-refractivity contribution is -0.0893. The van der Waals surface area contributed by atoms with E-state index in [1.807, 2.05) is 0 Å². The summed E-state index contributed by atoms with van der Waals surface area (Å²) < 4.78 is 5.58. The van der Waals surface area contributed by atoms with Gasteiger partial charge in [-0.3, -0.25) is 0 Å². The van der Waals surface area contributed by atoms with Crippen LogP contribution in [-0.4, -0.2) is 19.2 Å². The highest BCUT2D eigenvalue weighted by atomic mass is 35.5. The first-order chi connectivity index (χ1) is 14.9. The Labute approximate surface area is 192 Å². The zero-order valence-electron chi connectivity index (χ0n) is 19.2. The third kappa shape index (κ3) is 3.91. The number of halogens is 1. The van der Waals surface area contributed by atoms with Crippen LogP contribution in [0, 0.1) is 17.3 Å². The summed E-state index contributed by atoms with van der Waals surface area (Å²) in [6.45, 7) is 4.79. The van der Waals surface area contributed by atoms with Crippen LogP contribution in [0.5, 0.6) is 5.75 Å². The van der Waals surface area contributed by atoms with E-state index in [1.54, 1.807) is 7.11 Å². The van der Waals surface area contributed by atoms with E-state index in [2.05, 4.69) is 67.7 Å². The van der Waals surface area contributed by atoms with E-state index in [-0.39, 0.29) is 0 Å². The fourth-order valence-corrected chi connectivity index (χ4v) is 7.97. The molecule has 4 bridgehead atoms. The molecule has 0 aromatic heterocycles. The smallest absolute Gasteiger partial charge is 0.122 e. The van der Waals surface area contributed by atoms with Gasteiger partial charge in [0.25, 0.3) is 0 Å². The Morgan fingerprint density at radius 3 is 2.35 bits per heavy atom. The molecule has 0 amide bonds. The molecule has 0 aliphatic heterocycles. The Balaban J connectivity index is 1.35. The largest absolute Gasteiger partial charge is 0.496 e. The van der Waals surface area contributed by atoms with E-state index in [4.69, 9.17) is 16.3 Å². The molecule has 4 aliphatic carbocycles. The molecule has 166 valence electrons. The van der Waals surface area contributed by atoms with Crippen molar-refractivity contribution < 1.29 is 4.74 Å². The molecule has 31 heavy (non-hydrogen) atoms. The minimum atomic E-state index is 0.358. The van der Waals surface area contributed by atoms with E-state index in [0.717, 1.165) is 29.0 Å². The maximum Gasteiger partial charge on any atom is 0.122 e. The zero-order chi connectivity index (χ0) is 21.6. The van der Waals surface area contributed by atoms with Gasteiger partial charge in [0.15, 0.2) is 0 Å². The van der Waals surface area contributed by atoms with Crippen molar-refractivity contribution >= 4 is 11.6 Å². The van der Waals surface area contributed by atoms with Gasteiger partial charge in [-0.15, -0.1) is 0 Å². The van der Waals surface area contributed by atoms with Crippen LogP contribution in [0.2, 0.25) is 5.02 Å². The number of hydrogen-bond donors (Lipinski definition) is 1. The van der Waals surface area contributed by atoms with Gasteiger partial charge in [0, 0.05) is 17.1 Å². The molecule has 4 fully saturated rings. The van der Waals surface area contributed by atoms with Gasteiger partial charge in [-0.25, -0.2) is 0 Å². The minimum Gasteiger partial charge on any atom is -0.496 e. The Kier molecular flexibility index (Phi) is 5.59. The van der Waals surface area contributed by atoms with E-state index in [0.29, 0.717) is 22.9 Å². The molecule has 0 saturated heterocycles. The van der Waals surface area contributed by atoms with Crippen LogP contribution in [0.15, 0.2) is 48.5 Å². The zero-order valence-corrected chi connectivity index (χ0v) is 19.9. The first kappa shape index (κ1) is 21.3. The third-order valence-electron chi connectivity index (χ3n) is 8.73. The second kappa shape index (κ2) is 8.12. The number of methoxy groups -OCH3 is 1. The van der Waals surface area contributed by atoms with Crippen LogP contribution in [0.1, 0.15) is 63.5 Å². The van der Waals surface area contributed by atoms with E-state index in [1.165, 1.54) is 49.7 Å². The van der Waals surface area contributed by atoms with E-state index < -0.39 is 0 Å². The van der Waals surface area contributed by atoms with Crippen molar-refractivity contribution in [2.75, 3.05) is 7.11 Å². The van der Waals surface area contributed by atoms with Gasteiger partial charge < -0.3 is 10.1 Å². The Morgan fingerprint density at radius 1 is 1.00 bits per heavy atom. The lowest BCUT2D eigenvalue weighted by Crippen LogP contribution is -2.60. The fourth-order valence-electron chi connectivity index (χ4n) is 7.85. The normalized spacial score (nSPS) is 33.3. The summed E-state index contributed by atoms with van der Waals surface area (Å²) in [7, 11) is 1.77. The van der Waals surface area contributed by atoms with Crippen LogP contribution >= 0.6 is 11.6 Å². The highest BCUT2D eigenvalue weighted by molar-refractivity contribution is 6.30. The number of ether oxygens (including phenoxy) is 1. The second-order valence-electron chi connectivity index (χ2n) is 10.9. The molecule has 4 saturated carbocycles. The molecule has 3 heteroatoms. The van der Waals surface area contributed by atoms with Gasteiger partial charge in [-0.05, 0) is 111 Å². The summed E-state index contributed by atoms with van der Waals surface area (Å²) in [5.41, 5.74) is 3.60. The van der Waals surface area contributed by atoms with Crippen LogP contribution in [0.4, 0.5) is 0 Å². The lowest BCUT2D eigenvalue weighted by atomic mass is 9.41. The van der Waals surface area contributed by atoms with Crippen LogP contribution in [-0.2, 0) is 11.8 Å². The van der Waals surface area contributed by atoms with Gasteiger partial charge in [-0.1, -0.05) is 41.9 Å².